The molecule has 0 aromatic carbocycles. The van der Waals surface area contributed by atoms with Crippen LogP contribution in [0.25, 0.3) is 0 Å². The zero-order chi connectivity index (χ0) is 15.9. The number of carbonyl (C=O) groups excluding carboxylic acids is 1. The van der Waals surface area contributed by atoms with Crippen LogP contribution in [0.3, 0.4) is 0 Å². The van der Waals surface area contributed by atoms with Gasteiger partial charge in [0.1, 0.15) is 22.8 Å². The Balaban J connectivity index is 1.77. The lowest BCUT2D eigenvalue weighted by atomic mass is 10.2. The predicted octanol–water partition coefficient (Wildman–Crippen LogP) is 0.972. The number of halogens is 1. The molecule has 1 aliphatic rings. The number of hydrogen-bond donors (Lipinski definition) is 2. The van der Waals surface area contributed by atoms with Crippen LogP contribution < -0.4 is 16.0 Å². The van der Waals surface area contributed by atoms with Crippen molar-refractivity contribution in [1.29, 1.82) is 0 Å². The fraction of sp³-hybridized carbons (Fsp3) is 0.385. The molecule has 1 fully saturated rings. The van der Waals surface area contributed by atoms with Crippen LogP contribution in [-0.4, -0.2) is 38.2 Å². The molecule has 3 N–H and O–H groups in total. The normalized spacial score (nSPS) is 18.0. The fourth-order valence-electron chi connectivity index (χ4n) is 2.58. The number of nitrogen functional groups attached to an aromatic ring is 1. The van der Waals surface area contributed by atoms with Gasteiger partial charge in [-0.15, -0.1) is 0 Å². The SMILES string of the molecule is Cc1cc(N2CCC(Nc3cc(Cl)nc(N)n3)C2=O)n(C)n1. The van der Waals surface area contributed by atoms with Gasteiger partial charge in [0.2, 0.25) is 5.95 Å². The lowest BCUT2D eigenvalue weighted by molar-refractivity contribution is -0.117. The minimum atomic E-state index is -0.374. The molecule has 8 nitrogen and oxygen atoms in total. The number of amides is 1. The van der Waals surface area contributed by atoms with Gasteiger partial charge in [0.25, 0.3) is 5.91 Å². The van der Waals surface area contributed by atoms with E-state index in [9.17, 15) is 4.79 Å². The topological polar surface area (TPSA) is 102 Å². The second-order valence-electron chi connectivity index (χ2n) is 5.18. The van der Waals surface area contributed by atoms with Gasteiger partial charge in [0.15, 0.2) is 0 Å². The molecule has 0 radical (unpaired) electrons. The standard InChI is InChI=1S/C13H16ClN7O/c1-7-5-11(20(2)19-7)21-4-3-8(12(21)22)16-10-6-9(14)17-13(15)18-10/h5-6,8H,3-4H2,1-2H3,(H3,15,16,17,18). The maximum atomic E-state index is 12.6. The monoisotopic (exact) mass is 321 g/mol. The number of nitrogens with two attached hydrogens (primary N) is 1. The van der Waals surface area contributed by atoms with Crippen molar-refractivity contribution in [2.75, 3.05) is 22.5 Å². The molecule has 3 rings (SSSR count). The van der Waals surface area contributed by atoms with Gasteiger partial charge >= 0.3 is 0 Å². The first-order valence-electron chi connectivity index (χ1n) is 6.82. The number of carbonyl (C=O) groups is 1. The van der Waals surface area contributed by atoms with E-state index in [-0.39, 0.29) is 23.1 Å². The van der Waals surface area contributed by atoms with Crippen LogP contribution in [0.15, 0.2) is 12.1 Å². The summed E-state index contributed by atoms with van der Waals surface area (Å²) in [7, 11) is 1.82. The summed E-state index contributed by atoms with van der Waals surface area (Å²) >= 11 is 5.84. The van der Waals surface area contributed by atoms with Crippen LogP contribution in [0.4, 0.5) is 17.6 Å². The van der Waals surface area contributed by atoms with E-state index in [1.165, 1.54) is 0 Å². The third-order valence-electron chi connectivity index (χ3n) is 3.49. The van der Waals surface area contributed by atoms with E-state index >= 15 is 0 Å². The average Bonchev–Trinajstić information content (AvgIpc) is 2.92. The third kappa shape index (κ3) is 2.69. The molecule has 116 valence electrons. The number of nitrogens with zero attached hydrogens (tertiary/aromatic N) is 5. The van der Waals surface area contributed by atoms with E-state index in [1.807, 2.05) is 20.0 Å². The quantitative estimate of drug-likeness (QED) is 0.817. The van der Waals surface area contributed by atoms with Crippen molar-refractivity contribution in [1.82, 2.24) is 19.7 Å². The summed E-state index contributed by atoms with van der Waals surface area (Å²) in [6.07, 6.45) is 0.657. The van der Waals surface area contributed by atoms with Crippen LogP contribution >= 0.6 is 11.6 Å². The highest BCUT2D eigenvalue weighted by Crippen LogP contribution is 2.24. The molecule has 1 amide bonds. The second-order valence-corrected chi connectivity index (χ2v) is 5.56. The number of nitrogens with one attached hydrogen (secondary N) is 1. The van der Waals surface area contributed by atoms with Crippen molar-refractivity contribution in [3.05, 3.63) is 23.0 Å². The Morgan fingerprint density at radius 1 is 1.41 bits per heavy atom. The van der Waals surface area contributed by atoms with Crippen molar-refractivity contribution in [2.45, 2.75) is 19.4 Å². The van der Waals surface area contributed by atoms with Gasteiger partial charge < -0.3 is 11.1 Å². The van der Waals surface area contributed by atoms with Crippen molar-refractivity contribution >= 4 is 35.1 Å². The molecule has 22 heavy (non-hydrogen) atoms. The van der Waals surface area contributed by atoms with Gasteiger partial charge in [-0.2, -0.15) is 10.1 Å². The summed E-state index contributed by atoms with van der Waals surface area (Å²) in [5, 5.41) is 7.57. The van der Waals surface area contributed by atoms with E-state index in [2.05, 4.69) is 20.4 Å². The molecule has 9 heteroatoms. The van der Waals surface area contributed by atoms with Crippen molar-refractivity contribution in [3.8, 4) is 0 Å². The molecule has 1 atom stereocenters. The zero-order valence-electron chi connectivity index (χ0n) is 12.2. The number of hydrogen-bond acceptors (Lipinski definition) is 6. The molecular formula is C13H16ClN7O. The number of anilines is 3. The molecular weight excluding hydrogens is 306 g/mol. The Labute approximate surface area is 132 Å². The van der Waals surface area contributed by atoms with Crippen molar-refractivity contribution < 1.29 is 4.79 Å². The molecule has 3 heterocycles. The summed E-state index contributed by atoms with van der Waals surface area (Å²) in [5.74, 6) is 1.27. The van der Waals surface area contributed by atoms with Gasteiger partial charge in [0.05, 0.1) is 5.69 Å². The van der Waals surface area contributed by atoms with Gasteiger partial charge in [-0.05, 0) is 13.3 Å². The molecule has 1 saturated heterocycles. The summed E-state index contributed by atoms with van der Waals surface area (Å²) in [6.45, 7) is 2.51. The summed E-state index contributed by atoms with van der Waals surface area (Å²) < 4.78 is 1.70. The number of aromatic nitrogens is 4. The van der Waals surface area contributed by atoms with Crippen LogP contribution in [0.5, 0.6) is 0 Å². The first-order valence-corrected chi connectivity index (χ1v) is 7.20. The molecule has 0 saturated carbocycles. The highest BCUT2D eigenvalue weighted by atomic mass is 35.5. The third-order valence-corrected chi connectivity index (χ3v) is 3.69. The molecule has 0 bridgehead atoms. The van der Waals surface area contributed by atoms with E-state index in [0.29, 0.717) is 18.8 Å². The minimum absolute atomic E-state index is 0.0312. The molecule has 0 aliphatic carbocycles. The highest BCUT2D eigenvalue weighted by molar-refractivity contribution is 6.29. The Bertz CT molecular complexity index is 709. The average molecular weight is 322 g/mol. The summed E-state index contributed by atoms with van der Waals surface area (Å²) in [6, 6.07) is 3.06. The van der Waals surface area contributed by atoms with E-state index in [0.717, 1.165) is 11.5 Å². The lowest BCUT2D eigenvalue weighted by Crippen LogP contribution is -2.34. The highest BCUT2D eigenvalue weighted by Gasteiger charge is 2.34. The van der Waals surface area contributed by atoms with Gasteiger partial charge in [-0.3, -0.25) is 14.4 Å². The predicted molar refractivity (Wildman–Crippen MR) is 83.8 cm³/mol. The molecule has 0 spiro atoms. The fourth-order valence-corrected chi connectivity index (χ4v) is 2.77. The first-order chi connectivity index (χ1) is 10.4. The van der Waals surface area contributed by atoms with E-state index < -0.39 is 0 Å². The van der Waals surface area contributed by atoms with Crippen LogP contribution in [0.1, 0.15) is 12.1 Å². The number of rotatable bonds is 3. The Morgan fingerprint density at radius 3 is 2.82 bits per heavy atom. The van der Waals surface area contributed by atoms with Gasteiger partial charge in [0, 0.05) is 25.7 Å². The van der Waals surface area contributed by atoms with E-state index in [1.54, 1.807) is 15.6 Å². The largest absolute Gasteiger partial charge is 0.368 e. The molecule has 2 aromatic heterocycles. The van der Waals surface area contributed by atoms with Gasteiger partial charge in [-0.1, -0.05) is 11.6 Å². The van der Waals surface area contributed by atoms with Crippen LogP contribution in [-0.2, 0) is 11.8 Å². The van der Waals surface area contributed by atoms with Crippen molar-refractivity contribution in [2.24, 2.45) is 7.05 Å². The zero-order valence-corrected chi connectivity index (χ0v) is 13.0. The van der Waals surface area contributed by atoms with Gasteiger partial charge in [-0.25, -0.2) is 4.98 Å². The van der Waals surface area contributed by atoms with Crippen LogP contribution in [0, 0.1) is 6.92 Å². The lowest BCUT2D eigenvalue weighted by Gasteiger charge is -2.17. The molecule has 1 unspecified atom stereocenters. The first kappa shape index (κ1) is 14.6. The summed E-state index contributed by atoms with van der Waals surface area (Å²) in [5.41, 5.74) is 6.43. The van der Waals surface area contributed by atoms with E-state index in [4.69, 9.17) is 17.3 Å². The maximum absolute atomic E-state index is 12.6. The Kier molecular flexibility index (Phi) is 3.61. The Hall–Kier alpha value is -2.35. The number of aryl methyl sites for hydroxylation is 2. The van der Waals surface area contributed by atoms with Crippen LogP contribution in [0.2, 0.25) is 5.15 Å². The minimum Gasteiger partial charge on any atom is -0.368 e. The Morgan fingerprint density at radius 2 is 2.18 bits per heavy atom. The molecule has 1 aliphatic heterocycles. The second kappa shape index (κ2) is 5.45. The summed E-state index contributed by atoms with van der Waals surface area (Å²) in [4.78, 5) is 22.1. The van der Waals surface area contributed by atoms with Crippen molar-refractivity contribution in [3.63, 3.8) is 0 Å². The smallest absolute Gasteiger partial charge is 0.250 e. The molecule has 2 aromatic rings. The maximum Gasteiger partial charge on any atom is 0.250 e.